The molecule has 0 radical (unpaired) electrons. The number of aliphatic hydroxyl groups excluding tert-OH is 1. The number of carboxylic acid groups (broad SMARTS) is 1. The smallest absolute Gasteiger partial charge is 0.337 e. The van der Waals surface area contributed by atoms with Crippen molar-refractivity contribution in [3.05, 3.63) is 29.8 Å². The van der Waals surface area contributed by atoms with Crippen molar-refractivity contribution in [2.45, 2.75) is 19.4 Å². The number of benzene rings is 1. The van der Waals surface area contributed by atoms with Crippen LogP contribution in [0.3, 0.4) is 0 Å². The Labute approximate surface area is 106 Å². The zero-order valence-electron chi connectivity index (χ0n) is 10.3. The predicted molar refractivity (Wildman–Crippen MR) is 65.6 cm³/mol. The third-order valence-corrected chi connectivity index (χ3v) is 2.26. The highest BCUT2D eigenvalue weighted by Crippen LogP contribution is 2.21. The molecule has 0 heterocycles. The molecule has 0 aliphatic carbocycles. The first-order valence-electron chi connectivity index (χ1n) is 5.87. The van der Waals surface area contributed by atoms with E-state index < -0.39 is 12.1 Å². The van der Waals surface area contributed by atoms with E-state index in [4.69, 9.17) is 19.7 Å². The van der Waals surface area contributed by atoms with Crippen LogP contribution >= 0.6 is 0 Å². The van der Waals surface area contributed by atoms with Gasteiger partial charge in [-0.2, -0.15) is 0 Å². The lowest BCUT2D eigenvalue weighted by Gasteiger charge is -2.13. The van der Waals surface area contributed by atoms with E-state index in [1.807, 2.05) is 6.92 Å². The van der Waals surface area contributed by atoms with Gasteiger partial charge in [0.1, 0.15) is 5.75 Å². The quantitative estimate of drug-likeness (QED) is 0.737. The van der Waals surface area contributed by atoms with Gasteiger partial charge in [0.05, 0.1) is 19.8 Å². The molecule has 1 aromatic carbocycles. The van der Waals surface area contributed by atoms with E-state index in [1.165, 1.54) is 0 Å². The number of carbonyl (C=O) groups is 1. The summed E-state index contributed by atoms with van der Waals surface area (Å²) in [5.74, 6) is -0.377. The fourth-order valence-corrected chi connectivity index (χ4v) is 1.44. The Morgan fingerprint density at radius 2 is 1.94 bits per heavy atom. The van der Waals surface area contributed by atoms with Crippen LogP contribution in [0.25, 0.3) is 0 Å². The molecule has 0 bridgehead atoms. The predicted octanol–water partition coefficient (Wildman–Crippen LogP) is 1.61. The van der Waals surface area contributed by atoms with Gasteiger partial charge in [0.2, 0.25) is 0 Å². The molecule has 5 heteroatoms. The van der Waals surface area contributed by atoms with Crippen molar-refractivity contribution in [3.8, 4) is 5.75 Å². The summed E-state index contributed by atoms with van der Waals surface area (Å²) in [6.45, 7) is 2.42. The molecule has 100 valence electrons. The van der Waals surface area contributed by atoms with Crippen LogP contribution in [0.1, 0.15) is 25.0 Å². The Bertz CT molecular complexity index is 360. The van der Waals surface area contributed by atoms with E-state index in [0.717, 1.165) is 6.42 Å². The van der Waals surface area contributed by atoms with Crippen molar-refractivity contribution >= 4 is 5.97 Å². The van der Waals surface area contributed by atoms with Gasteiger partial charge in [-0.05, 0) is 24.1 Å². The van der Waals surface area contributed by atoms with Gasteiger partial charge in [-0.1, -0.05) is 19.1 Å². The molecule has 1 unspecified atom stereocenters. The molecule has 5 nitrogen and oxygen atoms in total. The Balaban J connectivity index is 2.70. The van der Waals surface area contributed by atoms with Crippen LogP contribution in [0.4, 0.5) is 0 Å². The molecule has 2 N–H and O–H groups in total. The summed E-state index contributed by atoms with van der Waals surface area (Å²) in [5.41, 5.74) is 0.528. The number of rotatable bonds is 8. The SMILES string of the molecule is CCCOc1ccc(C(OCCO)C(=O)O)cc1. The molecule has 0 saturated carbocycles. The molecule has 0 amide bonds. The molecule has 0 fully saturated rings. The minimum Gasteiger partial charge on any atom is -0.494 e. The van der Waals surface area contributed by atoms with Gasteiger partial charge in [0.15, 0.2) is 6.10 Å². The number of aliphatic carboxylic acids is 1. The van der Waals surface area contributed by atoms with Gasteiger partial charge >= 0.3 is 5.97 Å². The summed E-state index contributed by atoms with van der Waals surface area (Å²) in [5, 5.41) is 17.7. The molecule has 18 heavy (non-hydrogen) atoms. The van der Waals surface area contributed by atoms with Crippen LogP contribution in [-0.2, 0) is 9.53 Å². The lowest BCUT2D eigenvalue weighted by atomic mass is 10.1. The molecular weight excluding hydrogens is 236 g/mol. The highest BCUT2D eigenvalue weighted by Gasteiger charge is 2.20. The maximum absolute atomic E-state index is 11.0. The third-order valence-electron chi connectivity index (χ3n) is 2.26. The molecule has 0 spiro atoms. The summed E-state index contributed by atoms with van der Waals surface area (Å²) in [6.07, 6.45) is -0.142. The number of ether oxygens (including phenoxy) is 2. The highest BCUT2D eigenvalue weighted by molar-refractivity contribution is 5.74. The van der Waals surface area contributed by atoms with Gasteiger partial charge < -0.3 is 19.7 Å². The summed E-state index contributed by atoms with van der Waals surface area (Å²) >= 11 is 0. The van der Waals surface area contributed by atoms with Crippen LogP contribution in [-0.4, -0.2) is 36.0 Å². The monoisotopic (exact) mass is 254 g/mol. The average molecular weight is 254 g/mol. The van der Waals surface area contributed by atoms with Crippen molar-refractivity contribution in [1.29, 1.82) is 0 Å². The van der Waals surface area contributed by atoms with Crippen molar-refractivity contribution < 1.29 is 24.5 Å². The second-order valence-electron chi connectivity index (χ2n) is 3.73. The maximum Gasteiger partial charge on any atom is 0.337 e. The van der Waals surface area contributed by atoms with E-state index in [9.17, 15) is 4.79 Å². The summed E-state index contributed by atoms with van der Waals surface area (Å²) < 4.78 is 10.5. The van der Waals surface area contributed by atoms with Gasteiger partial charge in [-0.15, -0.1) is 0 Å². The van der Waals surface area contributed by atoms with Crippen molar-refractivity contribution in [2.24, 2.45) is 0 Å². The molecule has 0 aliphatic heterocycles. The Morgan fingerprint density at radius 3 is 2.44 bits per heavy atom. The van der Waals surface area contributed by atoms with Crippen LogP contribution in [0, 0.1) is 0 Å². The molecule has 1 rings (SSSR count). The van der Waals surface area contributed by atoms with Crippen molar-refractivity contribution in [3.63, 3.8) is 0 Å². The van der Waals surface area contributed by atoms with Crippen molar-refractivity contribution in [1.82, 2.24) is 0 Å². The minimum absolute atomic E-state index is 0.00888. The standard InChI is InChI=1S/C13H18O5/c1-2-8-17-11-5-3-10(4-6-11)12(13(15)16)18-9-7-14/h3-6,12,14H,2,7-9H2,1H3,(H,15,16). The second kappa shape index (κ2) is 7.68. The molecule has 0 aromatic heterocycles. The van der Waals surface area contributed by atoms with Gasteiger partial charge in [-0.3, -0.25) is 0 Å². The van der Waals surface area contributed by atoms with E-state index in [2.05, 4.69) is 0 Å². The Hall–Kier alpha value is -1.59. The Kier molecular flexibility index (Phi) is 6.18. The van der Waals surface area contributed by atoms with E-state index in [0.29, 0.717) is 17.9 Å². The number of aliphatic hydroxyl groups is 1. The Morgan fingerprint density at radius 1 is 1.28 bits per heavy atom. The molecule has 1 atom stereocenters. The van der Waals surface area contributed by atoms with E-state index >= 15 is 0 Å². The molecule has 0 aliphatic rings. The summed E-state index contributed by atoms with van der Waals surface area (Å²) in [6, 6.07) is 6.73. The summed E-state index contributed by atoms with van der Waals surface area (Å²) in [7, 11) is 0. The average Bonchev–Trinajstić information content (AvgIpc) is 2.38. The third kappa shape index (κ3) is 4.35. The van der Waals surface area contributed by atoms with Crippen LogP contribution < -0.4 is 4.74 Å². The van der Waals surface area contributed by atoms with Gasteiger partial charge in [-0.25, -0.2) is 4.79 Å². The lowest BCUT2D eigenvalue weighted by molar-refractivity contribution is -0.151. The number of hydrogen-bond donors (Lipinski definition) is 2. The van der Waals surface area contributed by atoms with Crippen LogP contribution in [0.5, 0.6) is 5.75 Å². The van der Waals surface area contributed by atoms with Crippen molar-refractivity contribution in [2.75, 3.05) is 19.8 Å². The van der Waals surface area contributed by atoms with Gasteiger partial charge in [0, 0.05) is 0 Å². The van der Waals surface area contributed by atoms with E-state index in [-0.39, 0.29) is 13.2 Å². The fourth-order valence-electron chi connectivity index (χ4n) is 1.44. The zero-order valence-corrected chi connectivity index (χ0v) is 10.3. The molecular formula is C13H18O5. The lowest BCUT2D eigenvalue weighted by Crippen LogP contribution is -2.17. The number of carboxylic acids is 1. The number of hydrogen-bond acceptors (Lipinski definition) is 4. The highest BCUT2D eigenvalue weighted by atomic mass is 16.5. The normalized spacial score (nSPS) is 12.1. The van der Waals surface area contributed by atoms with Gasteiger partial charge in [0.25, 0.3) is 0 Å². The minimum atomic E-state index is -1.08. The topological polar surface area (TPSA) is 76.0 Å². The summed E-state index contributed by atoms with van der Waals surface area (Å²) in [4.78, 5) is 11.0. The van der Waals surface area contributed by atoms with Crippen LogP contribution in [0.2, 0.25) is 0 Å². The van der Waals surface area contributed by atoms with E-state index in [1.54, 1.807) is 24.3 Å². The first-order valence-corrected chi connectivity index (χ1v) is 5.87. The molecule has 0 saturated heterocycles. The first kappa shape index (κ1) is 14.5. The second-order valence-corrected chi connectivity index (χ2v) is 3.73. The maximum atomic E-state index is 11.0. The fraction of sp³-hybridized carbons (Fsp3) is 0.462. The van der Waals surface area contributed by atoms with Crippen LogP contribution in [0.15, 0.2) is 24.3 Å². The molecule has 1 aromatic rings. The largest absolute Gasteiger partial charge is 0.494 e. The zero-order chi connectivity index (χ0) is 13.4. The first-order chi connectivity index (χ1) is 8.69.